The minimum absolute atomic E-state index is 0.399. The van der Waals surface area contributed by atoms with Crippen molar-refractivity contribution in [2.24, 2.45) is 0 Å². The van der Waals surface area contributed by atoms with Gasteiger partial charge in [0.25, 0.3) is 0 Å². The molecule has 14 rings (SSSR count). The van der Waals surface area contributed by atoms with E-state index in [9.17, 15) is 0 Å². The normalized spacial score (nSPS) is 13.4. The molecule has 12 aromatic rings. The number of aromatic nitrogens is 2. The molecule has 10 aromatic carbocycles. The Morgan fingerprint density at radius 3 is 1.61 bits per heavy atom. The number of rotatable bonds is 4. The molecule has 3 heterocycles. The van der Waals surface area contributed by atoms with Crippen LogP contribution in [0.3, 0.4) is 0 Å². The van der Waals surface area contributed by atoms with Gasteiger partial charge in [-0.15, -0.1) is 0 Å². The lowest BCUT2D eigenvalue weighted by atomic mass is 9.67. The second-order valence-electron chi connectivity index (χ2n) is 17.2. The number of hydrogen-bond donors (Lipinski definition) is 0. The third-order valence-electron chi connectivity index (χ3n) is 14.0. The van der Waals surface area contributed by atoms with E-state index in [2.05, 4.69) is 240 Å². The lowest BCUT2D eigenvalue weighted by Crippen LogP contribution is -2.31. The van der Waals surface area contributed by atoms with Crippen LogP contribution in [0.25, 0.3) is 88.4 Å². The standard InChI is InChI=1S/C61H38N2S/c1-2-15-39(16-3-1)40-29-32-42(33-30-40)62-54-24-10-5-18-46(54)49-37-41(31-36-56(49)62)44-20-14-26-57-60(44)47-19-6-11-25-55(47)63(57)43-34-35-51-48(38-43)45-17-4-7-21-50(45)61(51)52-22-8-12-27-58(52)64-59-28-13-9-23-53(59)61/h1-38H. The first-order valence-electron chi connectivity index (χ1n) is 22.1. The summed E-state index contributed by atoms with van der Waals surface area (Å²) in [6, 6.07) is 85.7. The highest BCUT2D eigenvalue weighted by atomic mass is 32.2. The molecule has 0 radical (unpaired) electrons. The van der Waals surface area contributed by atoms with Gasteiger partial charge in [-0.25, -0.2) is 0 Å². The minimum atomic E-state index is -0.399. The maximum absolute atomic E-state index is 2.49. The van der Waals surface area contributed by atoms with Crippen molar-refractivity contribution < 1.29 is 0 Å². The van der Waals surface area contributed by atoms with Crippen LogP contribution < -0.4 is 0 Å². The van der Waals surface area contributed by atoms with E-state index in [0.29, 0.717) is 0 Å². The first-order valence-corrected chi connectivity index (χ1v) is 22.9. The quantitative estimate of drug-likeness (QED) is 0.172. The maximum atomic E-state index is 2.49. The maximum Gasteiger partial charge on any atom is 0.0735 e. The number of benzene rings is 10. The van der Waals surface area contributed by atoms with Crippen LogP contribution >= 0.6 is 11.8 Å². The molecule has 0 unspecified atom stereocenters. The summed E-state index contributed by atoms with van der Waals surface area (Å²) in [6.07, 6.45) is 0. The van der Waals surface area contributed by atoms with Gasteiger partial charge < -0.3 is 9.13 Å². The topological polar surface area (TPSA) is 9.86 Å². The Balaban J connectivity index is 0.951. The molecule has 298 valence electrons. The van der Waals surface area contributed by atoms with Gasteiger partial charge in [-0.2, -0.15) is 0 Å². The highest BCUT2D eigenvalue weighted by molar-refractivity contribution is 7.99. The number of nitrogens with zero attached hydrogens (tertiary/aromatic N) is 2. The summed E-state index contributed by atoms with van der Waals surface area (Å²) in [5.41, 5.74) is 19.6. The molecular weight excluding hydrogens is 793 g/mol. The van der Waals surface area contributed by atoms with E-state index < -0.39 is 5.41 Å². The summed E-state index contributed by atoms with van der Waals surface area (Å²) in [5.74, 6) is 0. The molecule has 2 aromatic heterocycles. The van der Waals surface area contributed by atoms with Gasteiger partial charge in [0.05, 0.1) is 27.5 Å². The Morgan fingerprint density at radius 1 is 0.297 bits per heavy atom. The van der Waals surface area contributed by atoms with E-state index in [1.807, 2.05) is 11.8 Å². The molecule has 0 fully saturated rings. The van der Waals surface area contributed by atoms with Gasteiger partial charge in [0.2, 0.25) is 0 Å². The summed E-state index contributed by atoms with van der Waals surface area (Å²) in [5, 5.41) is 5.01. The Kier molecular flexibility index (Phi) is 7.57. The largest absolute Gasteiger partial charge is 0.309 e. The minimum Gasteiger partial charge on any atom is -0.309 e. The van der Waals surface area contributed by atoms with E-state index >= 15 is 0 Å². The van der Waals surface area contributed by atoms with E-state index in [4.69, 9.17) is 0 Å². The van der Waals surface area contributed by atoms with Gasteiger partial charge >= 0.3 is 0 Å². The molecule has 1 spiro atoms. The van der Waals surface area contributed by atoms with Crippen molar-refractivity contribution in [3.8, 4) is 44.8 Å². The van der Waals surface area contributed by atoms with Crippen LogP contribution in [0, 0.1) is 0 Å². The smallest absolute Gasteiger partial charge is 0.0735 e. The second-order valence-corrected chi connectivity index (χ2v) is 18.3. The third kappa shape index (κ3) is 4.87. The predicted octanol–water partition coefficient (Wildman–Crippen LogP) is 16.0. The van der Waals surface area contributed by atoms with Crippen molar-refractivity contribution in [2.75, 3.05) is 0 Å². The van der Waals surface area contributed by atoms with E-state index in [0.717, 1.165) is 11.4 Å². The average molecular weight is 831 g/mol. The zero-order valence-electron chi connectivity index (χ0n) is 34.7. The first kappa shape index (κ1) is 35.7. The summed E-state index contributed by atoms with van der Waals surface area (Å²) >= 11 is 1.89. The number of hydrogen-bond acceptors (Lipinski definition) is 1. The highest BCUT2D eigenvalue weighted by Gasteiger charge is 2.50. The summed E-state index contributed by atoms with van der Waals surface area (Å²) in [4.78, 5) is 2.64. The molecule has 64 heavy (non-hydrogen) atoms. The van der Waals surface area contributed by atoms with Gasteiger partial charge in [-0.05, 0) is 122 Å². The number of fused-ring (bicyclic) bond motifs is 15. The van der Waals surface area contributed by atoms with Crippen LogP contribution in [0.4, 0.5) is 0 Å². The van der Waals surface area contributed by atoms with Crippen molar-refractivity contribution in [1.82, 2.24) is 9.13 Å². The van der Waals surface area contributed by atoms with E-state index in [1.54, 1.807) is 0 Å². The lowest BCUT2D eigenvalue weighted by molar-refractivity contribution is 0.722. The van der Waals surface area contributed by atoms with Crippen LogP contribution in [-0.4, -0.2) is 9.13 Å². The fraction of sp³-hybridized carbons (Fsp3) is 0.0164. The van der Waals surface area contributed by atoms with Crippen LogP contribution in [-0.2, 0) is 5.41 Å². The summed E-state index contributed by atoms with van der Waals surface area (Å²) in [6.45, 7) is 0. The predicted molar refractivity (Wildman–Crippen MR) is 267 cm³/mol. The van der Waals surface area contributed by atoms with Crippen molar-refractivity contribution in [3.63, 3.8) is 0 Å². The summed E-state index contributed by atoms with van der Waals surface area (Å²) in [7, 11) is 0. The van der Waals surface area contributed by atoms with Crippen LogP contribution in [0.1, 0.15) is 22.3 Å². The average Bonchev–Trinajstić information content (AvgIpc) is 3.98. The summed E-state index contributed by atoms with van der Waals surface area (Å²) < 4.78 is 4.90. The Labute approximate surface area is 375 Å². The monoisotopic (exact) mass is 830 g/mol. The van der Waals surface area contributed by atoms with Gasteiger partial charge in [0.1, 0.15) is 0 Å². The Morgan fingerprint density at radius 2 is 0.828 bits per heavy atom. The van der Waals surface area contributed by atoms with Crippen LogP contribution in [0.2, 0.25) is 0 Å². The molecule has 0 amide bonds. The van der Waals surface area contributed by atoms with Crippen molar-refractivity contribution in [3.05, 3.63) is 253 Å². The molecule has 0 saturated carbocycles. The molecule has 0 bridgehead atoms. The fourth-order valence-corrected chi connectivity index (χ4v) is 12.6. The van der Waals surface area contributed by atoms with Gasteiger partial charge in [0.15, 0.2) is 0 Å². The zero-order chi connectivity index (χ0) is 41.9. The fourth-order valence-electron chi connectivity index (χ4n) is 11.4. The Hall–Kier alpha value is -7.85. The molecule has 2 aliphatic rings. The molecule has 3 heteroatoms. The molecule has 1 aliphatic heterocycles. The first-order chi connectivity index (χ1) is 31.8. The molecule has 0 N–H and O–H groups in total. The van der Waals surface area contributed by atoms with E-state index in [-0.39, 0.29) is 0 Å². The molecular formula is C61H38N2S. The van der Waals surface area contributed by atoms with E-state index in [1.165, 1.54) is 109 Å². The highest BCUT2D eigenvalue weighted by Crippen LogP contribution is 2.62. The number of para-hydroxylation sites is 2. The van der Waals surface area contributed by atoms with Gasteiger partial charge in [0, 0.05) is 42.7 Å². The van der Waals surface area contributed by atoms with Crippen LogP contribution in [0.15, 0.2) is 240 Å². The van der Waals surface area contributed by atoms with Gasteiger partial charge in [-0.3, -0.25) is 0 Å². The second kappa shape index (κ2) is 13.6. The Bertz CT molecular complexity index is 3820. The molecule has 0 saturated heterocycles. The van der Waals surface area contributed by atoms with Crippen molar-refractivity contribution in [2.45, 2.75) is 15.2 Å². The lowest BCUT2D eigenvalue weighted by Gasteiger charge is -2.39. The third-order valence-corrected chi connectivity index (χ3v) is 15.2. The molecule has 0 atom stereocenters. The SMILES string of the molecule is c1ccc(-c2ccc(-n3c4ccccc4c4cc(-c5cccc6c5c5ccccc5n6-c5ccc6c(c5)-c5ccccc5C65c6ccccc6Sc6ccccc65)ccc43)cc2)cc1. The zero-order valence-corrected chi connectivity index (χ0v) is 35.6. The molecule has 2 nitrogen and oxygen atoms in total. The molecule has 1 aliphatic carbocycles. The van der Waals surface area contributed by atoms with Crippen LogP contribution in [0.5, 0.6) is 0 Å². The van der Waals surface area contributed by atoms with Gasteiger partial charge in [-0.1, -0.05) is 176 Å². The van der Waals surface area contributed by atoms with Crippen molar-refractivity contribution in [1.29, 1.82) is 0 Å². The van der Waals surface area contributed by atoms with Crippen molar-refractivity contribution >= 4 is 55.4 Å².